The molecule has 0 saturated heterocycles. The van der Waals surface area contributed by atoms with Crippen LogP contribution >= 0.6 is 0 Å². The van der Waals surface area contributed by atoms with Gasteiger partial charge in [-0.15, -0.1) is 0 Å². The Labute approximate surface area is 141 Å². The fraction of sp³-hybridized carbons (Fsp3) is 0.579. The lowest BCUT2D eigenvalue weighted by atomic mass is 9.60. The molecule has 5 atom stereocenters. The van der Waals surface area contributed by atoms with E-state index in [0.29, 0.717) is 12.8 Å². The smallest absolute Gasteiger partial charge is 0.141 e. The van der Waals surface area contributed by atoms with Crippen molar-refractivity contribution < 1.29 is 24.9 Å². The minimum atomic E-state index is -0.962. The fourth-order valence-corrected chi connectivity index (χ4v) is 4.52. The first-order valence-electron chi connectivity index (χ1n) is 8.45. The molecule has 0 spiro atoms. The summed E-state index contributed by atoms with van der Waals surface area (Å²) < 4.78 is 0. The summed E-state index contributed by atoms with van der Waals surface area (Å²) in [4.78, 5) is 24.8. The minimum Gasteiger partial charge on any atom is -0.508 e. The van der Waals surface area contributed by atoms with Gasteiger partial charge >= 0.3 is 0 Å². The molecule has 0 heterocycles. The Hall–Kier alpha value is -1.72. The second-order valence-electron chi connectivity index (χ2n) is 7.45. The molecule has 0 radical (unpaired) electrons. The zero-order valence-corrected chi connectivity index (χ0v) is 14.0. The summed E-state index contributed by atoms with van der Waals surface area (Å²) in [5.74, 6) is -1.04. The normalized spacial score (nSPS) is 34.2. The summed E-state index contributed by atoms with van der Waals surface area (Å²) in [7, 11) is 0. The molecule has 2 fully saturated rings. The summed E-state index contributed by atoms with van der Waals surface area (Å²) in [5.41, 5.74) is 0.779. The molecular weight excluding hydrogens is 308 g/mol. The molecule has 0 aromatic heterocycles. The van der Waals surface area contributed by atoms with Gasteiger partial charge in [-0.05, 0) is 55.9 Å². The monoisotopic (exact) mass is 332 g/mol. The molecule has 3 N–H and O–H groups in total. The van der Waals surface area contributed by atoms with E-state index in [-0.39, 0.29) is 36.1 Å². The van der Waals surface area contributed by atoms with Crippen LogP contribution in [0.15, 0.2) is 18.2 Å². The van der Waals surface area contributed by atoms with Crippen molar-refractivity contribution in [3.05, 3.63) is 29.3 Å². The number of rotatable bonds is 3. The van der Waals surface area contributed by atoms with E-state index in [2.05, 4.69) is 0 Å². The highest BCUT2D eigenvalue weighted by Gasteiger charge is 2.59. The number of fused-ring (bicyclic) bond motifs is 1. The van der Waals surface area contributed by atoms with Crippen molar-refractivity contribution in [2.24, 2.45) is 17.3 Å². The molecule has 130 valence electrons. The predicted octanol–water partition coefficient (Wildman–Crippen LogP) is 1.54. The quantitative estimate of drug-likeness (QED) is 0.780. The summed E-state index contributed by atoms with van der Waals surface area (Å²) in [5, 5.41) is 30.7. The maximum absolute atomic E-state index is 12.5. The Bertz CT molecular complexity index is 682. The summed E-state index contributed by atoms with van der Waals surface area (Å²) >= 11 is 0. The van der Waals surface area contributed by atoms with E-state index in [9.17, 15) is 24.9 Å². The van der Waals surface area contributed by atoms with Gasteiger partial charge in [0.15, 0.2) is 0 Å². The van der Waals surface area contributed by atoms with E-state index < -0.39 is 23.5 Å². The van der Waals surface area contributed by atoms with E-state index in [0.717, 1.165) is 11.1 Å². The molecule has 0 aliphatic heterocycles. The van der Waals surface area contributed by atoms with Gasteiger partial charge in [0.05, 0.1) is 17.6 Å². The summed E-state index contributed by atoms with van der Waals surface area (Å²) in [6, 6.07) is 4.95. The number of aliphatic hydroxyl groups excluding tert-OH is 2. The van der Waals surface area contributed by atoms with Crippen LogP contribution in [0.5, 0.6) is 5.75 Å². The van der Waals surface area contributed by atoms with Crippen molar-refractivity contribution in [3.63, 3.8) is 0 Å². The number of hydrogen-bond acceptors (Lipinski definition) is 5. The molecule has 2 saturated carbocycles. The van der Waals surface area contributed by atoms with Crippen LogP contribution in [0, 0.1) is 24.2 Å². The van der Waals surface area contributed by atoms with Crippen molar-refractivity contribution in [1.82, 2.24) is 0 Å². The molecule has 2 aliphatic carbocycles. The molecule has 0 bridgehead atoms. The third kappa shape index (κ3) is 2.56. The van der Waals surface area contributed by atoms with Gasteiger partial charge in [0, 0.05) is 18.8 Å². The van der Waals surface area contributed by atoms with Crippen LogP contribution in [0.3, 0.4) is 0 Å². The number of carbonyl (C=O) groups excluding carboxylic acids is 2. The number of ketones is 2. The van der Waals surface area contributed by atoms with Crippen LogP contribution in [-0.2, 0) is 16.0 Å². The average molecular weight is 332 g/mol. The zero-order chi connectivity index (χ0) is 17.6. The van der Waals surface area contributed by atoms with Gasteiger partial charge in [-0.25, -0.2) is 0 Å². The molecule has 5 nitrogen and oxygen atoms in total. The van der Waals surface area contributed by atoms with E-state index in [1.165, 1.54) is 0 Å². The van der Waals surface area contributed by atoms with E-state index >= 15 is 0 Å². The number of aryl methyl sites for hydroxylation is 1. The van der Waals surface area contributed by atoms with Crippen molar-refractivity contribution in [1.29, 1.82) is 0 Å². The fourth-order valence-electron chi connectivity index (χ4n) is 4.52. The Morgan fingerprint density at radius 3 is 2.75 bits per heavy atom. The second kappa shape index (κ2) is 5.97. The first kappa shape index (κ1) is 17.1. The molecule has 1 aromatic rings. The Morgan fingerprint density at radius 2 is 2.04 bits per heavy atom. The Morgan fingerprint density at radius 1 is 1.33 bits per heavy atom. The molecular formula is C19H24O5. The predicted molar refractivity (Wildman–Crippen MR) is 87.5 cm³/mol. The van der Waals surface area contributed by atoms with Crippen LogP contribution in [0.2, 0.25) is 0 Å². The lowest BCUT2D eigenvalue weighted by molar-refractivity contribution is -0.154. The van der Waals surface area contributed by atoms with Crippen molar-refractivity contribution in [3.8, 4) is 5.75 Å². The van der Waals surface area contributed by atoms with Gasteiger partial charge < -0.3 is 15.3 Å². The number of hydrogen-bond donors (Lipinski definition) is 3. The van der Waals surface area contributed by atoms with Gasteiger partial charge in [0.1, 0.15) is 17.3 Å². The standard InChI is InChI=1S/C19H24O5/c1-10-3-4-12(20)7-11(10)8-14(21)18-13-5-6-16(23)19(13,2)17(24)9-15(18)22/h3-4,7,13-14,17-18,20-21,24H,5-6,8-9H2,1-2H3/t13-,14?,17?,18?,19-/m0/s1. The molecule has 3 rings (SSSR count). The lowest BCUT2D eigenvalue weighted by Crippen LogP contribution is -2.54. The lowest BCUT2D eigenvalue weighted by Gasteiger charge is -2.44. The second-order valence-corrected chi connectivity index (χ2v) is 7.45. The van der Waals surface area contributed by atoms with Crippen molar-refractivity contribution in [2.75, 3.05) is 0 Å². The van der Waals surface area contributed by atoms with Crippen LogP contribution in [0.1, 0.15) is 37.3 Å². The van der Waals surface area contributed by atoms with Crippen LogP contribution in [-0.4, -0.2) is 39.1 Å². The number of phenolic OH excluding ortho intramolecular Hbond substituents is 1. The first-order chi connectivity index (χ1) is 11.2. The summed E-state index contributed by atoms with van der Waals surface area (Å²) in [6.45, 7) is 3.61. The van der Waals surface area contributed by atoms with Gasteiger partial charge in [0.25, 0.3) is 0 Å². The van der Waals surface area contributed by atoms with Crippen molar-refractivity contribution >= 4 is 11.6 Å². The van der Waals surface area contributed by atoms with E-state index in [1.807, 2.05) is 6.92 Å². The molecule has 0 amide bonds. The highest BCUT2D eigenvalue weighted by molar-refractivity contribution is 5.93. The third-order valence-electron chi connectivity index (χ3n) is 6.12. The van der Waals surface area contributed by atoms with Crippen LogP contribution in [0.4, 0.5) is 0 Å². The van der Waals surface area contributed by atoms with Gasteiger partial charge in [0.2, 0.25) is 0 Å². The highest BCUT2D eigenvalue weighted by atomic mass is 16.3. The molecule has 24 heavy (non-hydrogen) atoms. The van der Waals surface area contributed by atoms with Crippen molar-refractivity contribution in [2.45, 2.75) is 51.7 Å². The van der Waals surface area contributed by atoms with Gasteiger partial charge in [-0.1, -0.05) is 6.07 Å². The molecule has 3 unspecified atom stereocenters. The maximum atomic E-state index is 12.5. The topological polar surface area (TPSA) is 94.8 Å². The van der Waals surface area contributed by atoms with Gasteiger partial charge in [-0.3, -0.25) is 9.59 Å². The molecule has 2 aliphatic rings. The molecule has 5 heteroatoms. The Kier molecular flexibility index (Phi) is 4.26. The van der Waals surface area contributed by atoms with Gasteiger partial charge in [-0.2, -0.15) is 0 Å². The van der Waals surface area contributed by atoms with E-state index in [1.54, 1.807) is 25.1 Å². The first-order valence-corrected chi connectivity index (χ1v) is 8.45. The third-order valence-corrected chi connectivity index (χ3v) is 6.12. The summed E-state index contributed by atoms with van der Waals surface area (Å²) in [6.07, 6.45) is -0.858. The number of phenols is 1. The number of carbonyl (C=O) groups is 2. The maximum Gasteiger partial charge on any atom is 0.141 e. The number of aliphatic hydroxyl groups is 2. The Balaban J connectivity index is 1.88. The number of aromatic hydroxyl groups is 1. The minimum absolute atomic E-state index is 0.0155. The van der Waals surface area contributed by atoms with Crippen LogP contribution < -0.4 is 0 Å². The molecule has 1 aromatic carbocycles. The number of benzene rings is 1. The average Bonchev–Trinajstić information content (AvgIpc) is 2.81. The van der Waals surface area contributed by atoms with Crippen LogP contribution in [0.25, 0.3) is 0 Å². The number of Topliss-reactive ketones (excluding diaryl/α,β-unsaturated/α-hetero) is 2. The largest absolute Gasteiger partial charge is 0.508 e. The zero-order valence-electron chi connectivity index (χ0n) is 14.0. The van der Waals surface area contributed by atoms with E-state index in [4.69, 9.17) is 0 Å². The highest BCUT2D eigenvalue weighted by Crippen LogP contribution is 2.52. The SMILES string of the molecule is Cc1ccc(O)cc1CC(O)C1C(=O)CC(O)[C@]2(C)C(=O)CC[C@@H]12.